The van der Waals surface area contributed by atoms with Gasteiger partial charge in [0.1, 0.15) is 24.2 Å². The smallest absolute Gasteiger partial charge is 0.245 e. The fourth-order valence-electron chi connectivity index (χ4n) is 5.50. The molecule has 5 atom stereocenters. The van der Waals surface area contributed by atoms with Crippen molar-refractivity contribution in [1.29, 1.82) is 0 Å². The monoisotopic (exact) mass is 647 g/mol. The molecule has 6 N–H and O–H groups in total. The van der Waals surface area contributed by atoms with Crippen LogP contribution in [-0.2, 0) is 46.7 Å². The molecule has 1 aromatic rings. The van der Waals surface area contributed by atoms with E-state index >= 15 is 0 Å². The molecule has 2 aliphatic heterocycles. The van der Waals surface area contributed by atoms with Crippen LogP contribution in [0.2, 0.25) is 0 Å². The fourth-order valence-corrected chi connectivity index (χ4v) is 5.50. The maximum atomic E-state index is 13.7. The molecule has 2 aliphatic rings. The van der Waals surface area contributed by atoms with Gasteiger partial charge in [-0.15, -0.1) is 5.10 Å². The van der Waals surface area contributed by atoms with Crippen molar-refractivity contribution >= 4 is 35.4 Å². The average molecular weight is 648 g/mol. The van der Waals surface area contributed by atoms with Gasteiger partial charge in [0.05, 0.1) is 31.6 Å². The maximum absolute atomic E-state index is 13.7. The van der Waals surface area contributed by atoms with Gasteiger partial charge in [-0.2, -0.15) is 0 Å². The van der Waals surface area contributed by atoms with E-state index in [9.17, 15) is 28.8 Å². The van der Waals surface area contributed by atoms with Gasteiger partial charge in [-0.3, -0.25) is 28.8 Å². The minimum absolute atomic E-state index is 0.0174. The summed E-state index contributed by atoms with van der Waals surface area (Å²) in [7, 11) is 0. The van der Waals surface area contributed by atoms with Gasteiger partial charge in [0, 0.05) is 19.5 Å². The molecule has 0 spiro atoms. The predicted molar refractivity (Wildman–Crippen MR) is 165 cm³/mol. The molecule has 1 saturated heterocycles. The van der Waals surface area contributed by atoms with Crippen LogP contribution in [0.5, 0.6) is 0 Å². The molecule has 6 amide bonds. The number of carbonyl (C=O) groups excluding carboxylic acids is 6. The van der Waals surface area contributed by atoms with Gasteiger partial charge in [-0.25, -0.2) is 4.68 Å². The Bertz CT molecular complexity index is 1240. The van der Waals surface area contributed by atoms with Crippen LogP contribution in [0.3, 0.4) is 0 Å². The third-order valence-electron chi connectivity index (χ3n) is 8.36. The number of rotatable bonds is 7. The maximum Gasteiger partial charge on any atom is 0.245 e. The van der Waals surface area contributed by atoms with E-state index in [0.717, 1.165) is 0 Å². The number of primary amides is 1. The van der Waals surface area contributed by atoms with Crippen LogP contribution in [0.15, 0.2) is 6.20 Å². The Kier molecular flexibility index (Phi) is 13.9. The predicted octanol–water partition coefficient (Wildman–Crippen LogP) is -0.882. The molecule has 3 rings (SSSR count). The second-order valence-electron chi connectivity index (χ2n) is 12.5. The zero-order chi connectivity index (χ0) is 33.8. The summed E-state index contributed by atoms with van der Waals surface area (Å²) in [5.41, 5.74) is 6.17. The highest BCUT2D eigenvalue weighted by atomic mass is 16.5. The number of nitrogens with one attached hydrogen (secondary N) is 4. The van der Waals surface area contributed by atoms with Gasteiger partial charge in [0.2, 0.25) is 35.4 Å². The van der Waals surface area contributed by atoms with Crippen LogP contribution < -0.4 is 27.0 Å². The minimum Gasteiger partial charge on any atom is -0.372 e. The van der Waals surface area contributed by atoms with Crippen molar-refractivity contribution in [2.45, 2.75) is 110 Å². The van der Waals surface area contributed by atoms with Gasteiger partial charge >= 0.3 is 0 Å². The lowest BCUT2D eigenvalue weighted by molar-refractivity contribution is -0.140. The Morgan fingerprint density at radius 1 is 1.09 bits per heavy atom. The highest BCUT2D eigenvalue weighted by Gasteiger charge is 2.38. The largest absolute Gasteiger partial charge is 0.372 e. The zero-order valence-corrected chi connectivity index (χ0v) is 27.3. The summed E-state index contributed by atoms with van der Waals surface area (Å²) < 4.78 is 7.49. The second kappa shape index (κ2) is 17.6. The summed E-state index contributed by atoms with van der Waals surface area (Å²) in [5.74, 6) is -3.41. The van der Waals surface area contributed by atoms with Crippen LogP contribution in [0.25, 0.3) is 0 Å². The summed E-state index contributed by atoms with van der Waals surface area (Å²) in [6.45, 7) is 7.77. The average Bonchev–Trinajstić information content (AvgIpc) is 3.68. The zero-order valence-electron chi connectivity index (χ0n) is 27.3. The van der Waals surface area contributed by atoms with Crippen LogP contribution in [0, 0.1) is 11.8 Å². The number of carbonyl (C=O) groups is 6. The Morgan fingerprint density at radius 3 is 2.54 bits per heavy atom. The first kappa shape index (κ1) is 36.4. The van der Waals surface area contributed by atoms with Crippen molar-refractivity contribution in [3.63, 3.8) is 0 Å². The van der Waals surface area contributed by atoms with Gasteiger partial charge in [0.25, 0.3) is 0 Å². The topological polar surface area (TPSA) is 220 Å². The second-order valence-corrected chi connectivity index (χ2v) is 12.5. The highest BCUT2D eigenvalue weighted by Crippen LogP contribution is 2.19. The van der Waals surface area contributed by atoms with E-state index in [4.69, 9.17) is 10.5 Å². The molecule has 16 nitrogen and oxygen atoms in total. The van der Waals surface area contributed by atoms with Crippen molar-refractivity contribution in [2.75, 3.05) is 19.7 Å². The van der Waals surface area contributed by atoms with Crippen LogP contribution >= 0.6 is 0 Å². The van der Waals surface area contributed by atoms with Gasteiger partial charge < -0.3 is 36.6 Å². The van der Waals surface area contributed by atoms with Gasteiger partial charge in [0.15, 0.2) is 0 Å². The van der Waals surface area contributed by atoms with E-state index in [0.29, 0.717) is 57.3 Å². The molecule has 0 bridgehead atoms. The molecule has 0 aromatic carbocycles. The van der Waals surface area contributed by atoms with Crippen molar-refractivity contribution in [1.82, 2.24) is 41.2 Å². The Hall–Kier alpha value is -4.08. The van der Waals surface area contributed by atoms with E-state index in [-0.39, 0.29) is 49.8 Å². The first-order chi connectivity index (χ1) is 21.9. The number of aryl methyl sites for hydroxylation is 1. The lowest BCUT2D eigenvalue weighted by Crippen LogP contribution is -2.60. The van der Waals surface area contributed by atoms with E-state index < -0.39 is 47.8 Å². The molecule has 1 aromatic heterocycles. The Labute approximate surface area is 269 Å². The van der Waals surface area contributed by atoms with E-state index in [1.807, 2.05) is 20.8 Å². The van der Waals surface area contributed by atoms with E-state index in [1.54, 1.807) is 11.6 Å². The number of fused-ring (bicyclic) bond motifs is 2. The number of hydrogen-bond acceptors (Lipinski definition) is 9. The molecule has 0 saturated carbocycles. The number of nitrogens with two attached hydrogens (primary N) is 1. The van der Waals surface area contributed by atoms with Crippen molar-refractivity contribution in [2.24, 2.45) is 17.6 Å². The normalized spacial score (nSPS) is 24.0. The summed E-state index contributed by atoms with van der Waals surface area (Å²) in [6, 6.07) is -4.03. The third kappa shape index (κ3) is 10.5. The van der Waals surface area contributed by atoms with Crippen LogP contribution in [0.4, 0.5) is 0 Å². The van der Waals surface area contributed by atoms with Crippen molar-refractivity contribution < 1.29 is 33.5 Å². The number of hydrogen-bond donors (Lipinski definition) is 5. The molecule has 0 aliphatic carbocycles. The molecule has 0 unspecified atom stereocenters. The van der Waals surface area contributed by atoms with Crippen LogP contribution in [-0.4, -0.2) is 99.2 Å². The summed E-state index contributed by atoms with van der Waals surface area (Å²) in [6.07, 6.45) is 4.71. The van der Waals surface area contributed by atoms with Crippen molar-refractivity contribution in [3.8, 4) is 0 Å². The van der Waals surface area contributed by atoms with Crippen molar-refractivity contribution in [3.05, 3.63) is 11.9 Å². The Morgan fingerprint density at radius 2 is 1.85 bits per heavy atom. The molecule has 16 heteroatoms. The van der Waals surface area contributed by atoms with Crippen LogP contribution in [0.1, 0.15) is 78.3 Å². The number of ether oxygens (including phenoxy) is 1. The summed E-state index contributed by atoms with van der Waals surface area (Å²) in [5, 5.41) is 18.8. The van der Waals surface area contributed by atoms with E-state index in [2.05, 4.69) is 31.6 Å². The molecule has 1 fully saturated rings. The molecule has 0 radical (unpaired) electrons. The summed E-state index contributed by atoms with van der Waals surface area (Å²) >= 11 is 0. The lowest BCUT2D eigenvalue weighted by atomic mass is 9.97. The molecular weight excluding hydrogens is 598 g/mol. The molecule has 256 valence electrons. The molecular formula is C30H49N9O7. The standard InChI is InChI=1S/C30H49N9O7/c1-5-19(4)26-30(45)35-22(28(43)34-21(27(31)42)13-18(2)3)17-46-16-20-14-33-37-39(20)12-7-6-10-24(40)32-15-25(41)38-11-8-9-23(38)29(44)36-26/h14,18-19,21-23,26H,5-13,15-17H2,1-4H3,(H2,31,42)(H,32,40)(H,34,43)(H,35,45)(H,36,44)/t19-,21-,22-,23-,26-/m0/s1. The fraction of sp³-hybridized carbons (Fsp3) is 0.733. The molecule has 3 heterocycles. The Balaban J connectivity index is 1.88. The van der Waals surface area contributed by atoms with Gasteiger partial charge in [-0.05, 0) is 43.9 Å². The number of amides is 6. The van der Waals surface area contributed by atoms with Gasteiger partial charge in [-0.1, -0.05) is 39.3 Å². The SMILES string of the molecule is CC[C@H](C)[C@@H]1NC(=O)[C@@H]2CCCN2C(=O)CNC(=O)CCCCn2nncc2COC[C@@H](C(=O)N[C@@H](CC(C)C)C(N)=O)NC1=O. The minimum atomic E-state index is -1.23. The lowest BCUT2D eigenvalue weighted by Gasteiger charge is -2.30. The molecule has 46 heavy (non-hydrogen) atoms. The first-order valence-electron chi connectivity index (χ1n) is 16.1. The quantitative estimate of drug-likeness (QED) is 0.248. The highest BCUT2D eigenvalue weighted by molar-refractivity contribution is 5.96. The first-order valence-corrected chi connectivity index (χ1v) is 16.1. The van der Waals surface area contributed by atoms with E-state index in [1.165, 1.54) is 11.1 Å². The third-order valence-corrected chi connectivity index (χ3v) is 8.36. The number of aromatic nitrogens is 3. The number of nitrogens with zero attached hydrogens (tertiary/aromatic N) is 4. The summed E-state index contributed by atoms with van der Waals surface area (Å²) in [4.78, 5) is 79.6.